The molecule has 5 rings (SSSR count). The summed E-state index contributed by atoms with van der Waals surface area (Å²) in [6.45, 7) is 6.45. The summed E-state index contributed by atoms with van der Waals surface area (Å²) in [7, 11) is 0. The highest BCUT2D eigenvalue weighted by Crippen LogP contribution is 2.31. The molecular weight excluding hydrogens is 482 g/mol. The summed E-state index contributed by atoms with van der Waals surface area (Å²) in [5.41, 5.74) is 8.80. The van der Waals surface area contributed by atoms with Gasteiger partial charge < -0.3 is 20.1 Å². The molecule has 0 saturated carbocycles. The van der Waals surface area contributed by atoms with Gasteiger partial charge in [0, 0.05) is 24.8 Å². The molecule has 0 radical (unpaired) electrons. The zero-order chi connectivity index (χ0) is 26.9. The third kappa shape index (κ3) is 5.22. The van der Waals surface area contributed by atoms with Crippen LogP contribution in [0.15, 0.2) is 72.9 Å². The van der Waals surface area contributed by atoms with Crippen LogP contribution in [0, 0.1) is 0 Å². The van der Waals surface area contributed by atoms with Crippen LogP contribution < -0.4 is 10.5 Å². The maximum absolute atomic E-state index is 12.5. The van der Waals surface area contributed by atoms with Crippen molar-refractivity contribution in [1.82, 2.24) is 19.5 Å². The lowest BCUT2D eigenvalue weighted by molar-refractivity contribution is 0.0270. The van der Waals surface area contributed by atoms with E-state index in [0.29, 0.717) is 42.2 Å². The van der Waals surface area contributed by atoms with Crippen molar-refractivity contribution in [2.45, 2.75) is 32.8 Å². The first-order valence-electron chi connectivity index (χ1n) is 12.4. The quantitative estimate of drug-likeness (QED) is 0.389. The highest BCUT2D eigenvalue weighted by atomic mass is 16.6. The number of hydrogen-bond acceptors (Lipinski definition) is 6. The molecule has 0 unspecified atom stereocenters. The van der Waals surface area contributed by atoms with Crippen molar-refractivity contribution < 1.29 is 19.1 Å². The SMILES string of the molecule is CC(C)(C)OC(=O)N1CC=C(c2ccnc3c(C(N)=O)c(-c4ccc(Oc5ccccc5)cc4)nn23)CC1. The molecule has 2 aromatic carbocycles. The number of carbonyl (C=O) groups excluding carboxylic acids is 2. The summed E-state index contributed by atoms with van der Waals surface area (Å²) in [4.78, 5) is 31.1. The van der Waals surface area contributed by atoms with E-state index in [4.69, 9.17) is 20.3 Å². The number of benzene rings is 2. The minimum atomic E-state index is -0.613. The summed E-state index contributed by atoms with van der Waals surface area (Å²) < 4.78 is 13.0. The Balaban J connectivity index is 1.46. The number of nitrogens with two attached hydrogens (primary N) is 1. The zero-order valence-corrected chi connectivity index (χ0v) is 21.5. The second kappa shape index (κ2) is 10.0. The third-order valence-corrected chi connectivity index (χ3v) is 6.06. The molecule has 2 aromatic heterocycles. The number of nitrogens with zero attached hydrogens (tertiary/aromatic N) is 4. The van der Waals surface area contributed by atoms with E-state index in [9.17, 15) is 9.59 Å². The fraction of sp³-hybridized carbons (Fsp3) is 0.241. The summed E-state index contributed by atoms with van der Waals surface area (Å²) in [5, 5.41) is 4.76. The maximum Gasteiger partial charge on any atom is 0.410 e. The van der Waals surface area contributed by atoms with Crippen LogP contribution in [0.4, 0.5) is 4.79 Å². The van der Waals surface area contributed by atoms with Crippen LogP contribution in [0.5, 0.6) is 11.5 Å². The van der Waals surface area contributed by atoms with Gasteiger partial charge in [0.05, 0.1) is 5.69 Å². The number of aromatic nitrogens is 3. The summed E-state index contributed by atoms with van der Waals surface area (Å²) in [5.74, 6) is 0.772. The number of rotatable bonds is 5. The Hall–Kier alpha value is -4.66. The van der Waals surface area contributed by atoms with E-state index in [1.165, 1.54) is 0 Å². The van der Waals surface area contributed by atoms with Gasteiger partial charge in [0.2, 0.25) is 0 Å². The van der Waals surface area contributed by atoms with E-state index in [0.717, 1.165) is 17.0 Å². The summed E-state index contributed by atoms with van der Waals surface area (Å²) >= 11 is 0. The molecule has 0 atom stereocenters. The minimum Gasteiger partial charge on any atom is -0.457 e. The van der Waals surface area contributed by atoms with Crippen molar-refractivity contribution in [3.8, 4) is 22.8 Å². The highest BCUT2D eigenvalue weighted by Gasteiger charge is 2.26. The minimum absolute atomic E-state index is 0.246. The molecular formula is C29H29N5O4. The second-order valence-corrected chi connectivity index (χ2v) is 10.00. The molecule has 38 heavy (non-hydrogen) atoms. The van der Waals surface area contributed by atoms with E-state index < -0.39 is 11.5 Å². The standard InChI is InChI=1S/C29H29N5O4/c1-29(2,3)38-28(36)33-17-14-19(15-18-33)23-13-16-31-27-24(26(30)35)25(32-34(23)27)20-9-11-22(12-10-20)37-21-7-5-4-6-8-21/h4-14,16H,15,17-18H2,1-3H3,(H2,30,35). The lowest BCUT2D eigenvalue weighted by Gasteiger charge is -2.29. The molecule has 9 nitrogen and oxygen atoms in total. The Labute approximate surface area is 220 Å². The first kappa shape index (κ1) is 25.0. The van der Waals surface area contributed by atoms with Crippen molar-refractivity contribution in [2.24, 2.45) is 5.73 Å². The zero-order valence-electron chi connectivity index (χ0n) is 21.5. The Morgan fingerprint density at radius 2 is 1.68 bits per heavy atom. The second-order valence-electron chi connectivity index (χ2n) is 10.00. The number of fused-ring (bicyclic) bond motifs is 1. The van der Waals surface area contributed by atoms with Gasteiger partial charge in [-0.3, -0.25) is 4.79 Å². The van der Waals surface area contributed by atoms with Crippen LogP contribution in [0.2, 0.25) is 0 Å². The molecule has 9 heteroatoms. The van der Waals surface area contributed by atoms with Gasteiger partial charge in [-0.15, -0.1) is 0 Å². The first-order chi connectivity index (χ1) is 18.2. The van der Waals surface area contributed by atoms with Crippen LogP contribution in [0.1, 0.15) is 43.2 Å². The van der Waals surface area contributed by atoms with E-state index in [-0.39, 0.29) is 11.7 Å². The number of para-hydroxylation sites is 1. The van der Waals surface area contributed by atoms with Crippen LogP contribution >= 0.6 is 0 Å². The molecule has 2 amide bonds. The Bertz CT molecular complexity index is 1520. The molecule has 0 spiro atoms. The van der Waals surface area contributed by atoms with Gasteiger partial charge in [-0.25, -0.2) is 14.3 Å². The average molecular weight is 512 g/mol. The van der Waals surface area contributed by atoms with E-state index in [2.05, 4.69) is 4.98 Å². The lowest BCUT2D eigenvalue weighted by atomic mass is 10.0. The predicted octanol–water partition coefficient (Wildman–Crippen LogP) is 5.31. The molecule has 1 aliphatic rings. The molecule has 2 N–H and O–H groups in total. The average Bonchev–Trinajstić information content (AvgIpc) is 3.29. The Kier molecular flexibility index (Phi) is 6.59. The van der Waals surface area contributed by atoms with Crippen molar-refractivity contribution in [2.75, 3.05) is 13.1 Å². The van der Waals surface area contributed by atoms with Crippen LogP contribution in [-0.2, 0) is 4.74 Å². The van der Waals surface area contributed by atoms with Gasteiger partial charge in [-0.1, -0.05) is 24.3 Å². The fourth-order valence-corrected chi connectivity index (χ4v) is 4.32. The van der Waals surface area contributed by atoms with Gasteiger partial charge >= 0.3 is 6.09 Å². The van der Waals surface area contributed by atoms with Gasteiger partial charge in [-0.05, 0) is 75.2 Å². The molecule has 194 valence electrons. The van der Waals surface area contributed by atoms with E-state index in [1.807, 2.05) is 87.5 Å². The Morgan fingerprint density at radius 3 is 2.32 bits per heavy atom. The fourth-order valence-electron chi connectivity index (χ4n) is 4.32. The smallest absolute Gasteiger partial charge is 0.410 e. The van der Waals surface area contributed by atoms with E-state index in [1.54, 1.807) is 15.6 Å². The monoisotopic (exact) mass is 511 g/mol. The molecule has 0 fully saturated rings. The molecule has 4 aromatic rings. The normalized spacial score (nSPS) is 13.8. The maximum atomic E-state index is 12.5. The van der Waals surface area contributed by atoms with Crippen LogP contribution in [0.3, 0.4) is 0 Å². The number of hydrogen-bond donors (Lipinski definition) is 1. The molecule has 0 bridgehead atoms. The van der Waals surface area contributed by atoms with Crippen molar-refractivity contribution in [1.29, 1.82) is 0 Å². The Morgan fingerprint density at radius 1 is 0.974 bits per heavy atom. The molecule has 0 saturated heterocycles. The highest BCUT2D eigenvalue weighted by molar-refractivity contribution is 6.04. The van der Waals surface area contributed by atoms with Crippen LogP contribution in [-0.4, -0.2) is 50.2 Å². The number of amides is 2. The van der Waals surface area contributed by atoms with Gasteiger partial charge in [0.25, 0.3) is 5.91 Å². The van der Waals surface area contributed by atoms with Crippen molar-refractivity contribution >= 4 is 23.2 Å². The molecule has 1 aliphatic heterocycles. The number of primary amides is 1. The number of carbonyl (C=O) groups is 2. The van der Waals surface area contributed by atoms with Crippen LogP contribution in [0.25, 0.3) is 22.5 Å². The summed E-state index contributed by atoms with van der Waals surface area (Å²) in [6.07, 6.45) is 3.87. The van der Waals surface area contributed by atoms with Gasteiger partial charge in [0.1, 0.15) is 28.4 Å². The topological polar surface area (TPSA) is 112 Å². The predicted molar refractivity (Wildman–Crippen MR) is 144 cm³/mol. The van der Waals surface area contributed by atoms with Gasteiger partial charge in [0.15, 0.2) is 5.65 Å². The van der Waals surface area contributed by atoms with Crippen molar-refractivity contribution in [3.63, 3.8) is 0 Å². The third-order valence-electron chi connectivity index (χ3n) is 6.06. The van der Waals surface area contributed by atoms with Crippen molar-refractivity contribution in [3.05, 3.63) is 84.2 Å². The molecule has 3 heterocycles. The van der Waals surface area contributed by atoms with E-state index >= 15 is 0 Å². The molecule has 0 aliphatic carbocycles. The first-order valence-corrected chi connectivity index (χ1v) is 12.4. The van der Waals surface area contributed by atoms with Gasteiger partial charge in [-0.2, -0.15) is 5.10 Å². The number of ether oxygens (including phenoxy) is 2. The largest absolute Gasteiger partial charge is 0.457 e. The lowest BCUT2D eigenvalue weighted by Crippen LogP contribution is -2.39. The summed E-state index contributed by atoms with van der Waals surface area (Å²) in [6, 6.07) is 18.6.